The summed E-state index contributed by atoms with van der Waals surface area (Å²) in [6.45, 7) is 5.49. The Kier molecular flexibility index (Phi) is 5.72. The van der Waals surface area contributed by atoms with Gasteiger partial charge in [0.2, 0.25) is 0 Å². The predicted molar refractivity (Wildman–Crippen MR) is 109 cm³/mol. The Morgan fingerprint density at radius 2 is 2.10 bits per heavy atom. The zero-order chi connectivity index (χ0) is 20.3. The Balaban J connectivity index is 1.42. The fourth-order valence-corrected chi connectivity index (χ4v) is 4.14. The van der Waals surface area contributed by atoms with Crippen LogP contribution in [0.1, 0.15) is 43.9 Å². The van der Waals surface area contributed by atoms with Crippen molar-refractivity contribution in [3.8, 4) is 11.5 Å². The second kappa shape index (κ2) is 8.41. The van der Waals surface area contributed by atoms with E-state index >= 15 is 0 Å². The van der Waals surface area contributed by atoms with Crippen molar-refractivity contribution < 1.29 is 19.0 Å². The van der Waals surface area contributed by atoms with E-state index < -0.39 is 0 Å². The minimum Gasteiger partial charge on any atom is -0.483 e. The van der Waals surface area contributed by atoms with Gasteiger partial charge in [-0.25, -0.2) is 0 Å². The summed E-state index contributed by atoms with van der Waals surface area (Å²) in [4.78, 5) is 17.0. The SMILES string of the molecule is CC1(C)Cc2cccc(OCC(=O)NC(c3cccnc3)C3CCOCC3)c2O1. The van der Waals surface area contributed by atoms with Gasteiger partial charge in [-0.15, -0.1) is 0 Å². The minimum absolute atomic E-state index is 0.0553. The summed E-state index contributed by atoms with van der Waals surface area (Å²) in [5.41, 5.74) is 1.88. The van der Waals surface area contributed by atoms with Crippen molar-refractivity contribution in [3.63, 3.8) is 0 Å². The maximum Gasteiger partial charge on any atom is 0.258 e. The zero-order valence-corrected chi connectivity index (χ0v) is 17.0. The van der Waals surface area contributed by atoms with Crippen LogP contribution in [0.2, 0.25) is 0 Å². The van der Waals surface area contributed by atoms with E-state index in [0.29, 0.717) is 11.7 Å². The van der Waals surface area contributed by atoms with Crippen LogP contribution in [0.3, 0.4) is 0 Å². The molecule has 6 heteroatoms. The normalized spacial score (nSPS) is 19.1. The van der Waals surface area contributed by atoms with E-state index in [1.54, 1.807) is 6.20 Å². The van der Waals surface area contributed by atoms with E-state index in [9.17, 15) is 4.79 Å². The number of carbonyl (C=O) groups is 1. The van der Waals surface area contributed by atoms with Gasteiger partial charge >= 0.3 is 0 Å². The van der Waals surface area contributed by atoms with Crippen molar-refractivity contribution >= 4 is 5.91 Å². The second-order valence-corrected chi connectivity index (χ2v) is 8.35. The third-order valence-electron chi connectivity index (χ3n) is 5.51. The van der Waals surface area contributed by atoms with E-state index in [2.05, 4.69) is 24.1 Å². The molecular formula is C23H28N2O4. The lowest BCUT2D eigenvalue weighted by Gasteiger charge is -2.31. The molecule has 1 unspecified atom stereocenters. The molecule has 2 aromatic rings. The van der Waals surface area contributed by atoms with Crippen molar-refractivity contribution in [2.24, 2.45) is 5.92 Å². The van der Waals surface area contributed by atoms with E-state index in [4.69, 9.17) is 14.2 Å². The van der Waals surface area contributed by atoms with Gasteiger partial charge < -0.3 is 19.5 Å². The lowest BCUT2D eigenvalue weighted by atomic mass is 9.87. The number of hydrogen-bond donors (Lipinski definition) is 1. The van der Waals surface area contributed by atoms with Crippen LogP contribution in [0, 0.1) is 5.92 Å². The number of fused-ring (bicyclic) bond motifs is 1. The van der Waals surface area contributed by atoms with Gasteiger partial charge in [0.25, 0.3) is 5.91 Å². The minimum atomic E-state index is -0.251. The molecule has 1 N–H and O–H groups in total. The van der Waals surface area contributed by atoms with Crippen molar-refractivity contribution in [2.45, 2.75) is 44.8 Å². The van der Waals surface area contributed by atoms with Crippen LogP contribution in [0.5, 0.6) is 11.5 Å². The number of nitrogens with one attached hydrogen (secondary N) is 1. The summed E-state index contributed by atoms with van der Waals surface area (Å²) in [6, 6.07) is 9.65. The fraction of sp³-hybridized carbons (Fsp3) is 0.478. The summed E-state index contributed by atoms with van der Waals surface area (Å²) < 4.78 is 17.4. The number of benzene rings is 1. The first kappa shape index (κ1) is 19.7. The molecule has 3 heterocycles. The Labute approximate surface area is 171 Å². The largest absolute Gasteiger partial charge is 0.483 e. The highest BCUT2D eigenvalue weighted by molar-refractivity contribution is 5.78. The van der Waals surface area contributed by atoms with Crippen LogP contribution < -0.4 is 14.8 Å². The molecule has 29 heavy (non-hydrogen) atoms. The molecule has 1 saturated heterocycles. The molecule has 1 aromatic heterocycles. The van der Waals surface area contributed by atoms with Crippen LogP contribution in [0.15, 0.2) is 42.7 Å². The van der Waals surface area contributed by atoms with Crippen molar-refractivity contribution in [1.29, 1.82) is 0 Å². The molecule has 1 atom stereocenters. The van der Waals surface area contributed by atoms with Crippen LogP contribution in [-0.2, 0) is 16.0 Å². The standard InChI is InChI=1S/C23H28N2O4/c1-23(2)13-17-5-3-7-19(22(17)29-23)28-15-20(26)25-21(16-8-11-27-12-9-16)18-6-4-10-24-14-18/h3-7,10,14,16,21H,8-9,11-13,15H2,1-2H3,(H,25,26). The molecule has 0 spiro atoms. The van der Waals surface area contributed by atoms with E-state index in [1.165, 1.54) is 0 Å². The van der Waals surface area contributed by atoms with Crippen molar-refractivity contribution in [2.75, 3.05) is 19.8 Å². The molecule has 2 aliphatic rings. The molecule has 0 radical (unpaired) electrons. The van der Waals surface area contributed by atoms with Gasteiger partial charge in [-0.1, -0.05) is 18.2 Å². The summed E-state index contributed by atoms with van der Waals surface area (Å²) in [5, 5.41) is 3.16. The number of rotatable bonds is 6. The molecule has 1 aromatic carbocycles. The fourth-order valence-electron chi connectivity index (χ4n) is 4.14. The second-order valence-electron chi connectivity index (χ2n) is 8.35. The zero-order valence-electron chi connectivity index (χ0n) is 17.0. The van der Waals surface area contributed by atoms with Crippen LogP contribution >= 0.6 is 0 Å². The lowest BCUT2D eigenvalue weighted by molar-refractivity contribution is -0.124. The number of carbonyl (C=O) groups excluding carboxylic acids is 1. The number of ether oxygens (including phenoxy) is 3. The lowest BCUT2D eigenvalue weighted by Crippen LogP contribution is -2.38. The molecule has 0 saturated carbocycles. The Hall–Kier alpha value is -2.60. The summed E-state index contributed by atoms with van der Waals surface area (Å²) >= 11 is 0. The van der Waals surface area contributed by atoms with E-state index in [-0.39, 0.29) is 24.2 Å². The van der Waals surface area contributed by atoms with Gasteiger partial charge in [0.05, 0.1) is 6.04 Å². The van der Waals surface area contributed by atoms with Gasteiger partial charge in [0.1, 0.15) is 5.60 Å². The number of amides is 1. The first-order chi connectivity index (χ1) is 14.0. The van der Waals surface area contributed by atoms with E-state index in [0.717, 1.165) is 49.4 Å². The molecule has 0 aliphatic carbocycles. The van der Waals surface area contributed by atoms with Crippen LogP contribution in [-0.4, -0.2) is 36.3 Å². The molecular weight excluding hydrogens is 368 g/mol. The highest BCUT2D eigenvalue weighted by Gasteiger charge is 2.32. The van der Waals surface area contributed by atoms with Gasteiger partial charge in [-0.2, -0.15) is 0 Å². The number of para-hydroxylation sites is 1. The number of pyridine rings is 1. The third-order valence-corrected chi connectivity index (χ3v) is 5.51. The summed E-state index contributed by atoms with van der Waals surface area (Å²) in [5.74, 6) is 1.54. The highest BCUT2D eigenvalue weighted by atomic mass is 16.5. The quantitative estimate of drug-likeness (QED) is 0.810. The molecule has 0 bridgehead atoms. The monoisotopic (exact) mass is 396 g/mol. The number of hydrogen-bond acceptors (Lipinski definition) is 5. The van der Waals surface area contributed by atoms with Gasteiger partial charge in [0, 0.05) is 37.6 Å². The van der Waals surface area contributed by atoms with Gasteiger partial charge in [-0.3, -0.25) is 9.78 Å². The molecule has 4 rings (SSSR count). The summed E-state index contributed by atoms with van der Waals surface area (Å²) in [6.07, 6.45) is 6.22. The first-order valence-electron chi connectivity index (χ1n) is 10.2. The van der Waals surface area contributed by atoms with Gasteiger partial charge in [-0.05, 0) is 50.3 Å². The van der Waals surface area contributed by atoms with E-state index in [1.807, 2.05) is 36.5 Å². The van der Waals surface area contributed by atoms with Crippen molar-refractivity contribution in [3.05, 3.63) is 53.9 Å². The van der Waals surface area contributed by atoms with Crippen molar-refractivity contribution in [1.82, 2.24) is 10.3 Å². The highest BCUT2D eigenvalue weighted by Crippen LogP contribution is 2.41. The average molecular weight is 396 g/mol. The van der Waals surface area contributed by atoms with Crippen LogP contribution in [0.25, 0.3) is 0 Å². The summed E-state index contributed by atoms with van der Waals surface area (Å²) in [7, 11) is 0. The molecule has 2 aliphatic heterocycles. The number of nitrogens with zero attached hydrogens (tertiary/aromatic N) is 1. The third kappa shape index (κ3) is 4.70. The first-order valence-corrected chi connectivity index (χ1v) is 10.2. The Bertz CT molecular complexity index is 847. The van der Waals surface area contributed by atoms with Gasteiger partial charge in [0.15, 0.2) is 18.1 Å². The maximum atomic E-state index is 12.7. The smallest absolute Gasteiger partial charge is 0.258 e. The Morgan fingerprint density at radius 1 is 1.28 bits per heavy atom. The van der Waals surface area contributed by atoms with Crippen LogP contribution in [0.4, 0.5) is 0 Å². The molecule has 154 valence electrons. The predicted octanol–water partition coefficient (Wildman–Crippen LogP) is 3.46. The number of aromatic nitrogens is 1. The topological polar surface area (TPSA) is 69.7 Å². The Morgan fingerprint density at radius 3 is 2.86 bits per heavy atom. The molecule has 1 amide bonds. The maximum absolute atomic E-state index is 12.7. The molecule has 6 nitrogen and oxygen atoms in total. The molecule has 1 fully saturated rings. The average Bonchev–Trinajstić information content (AvgIpc) is 3.06.